The number of carbonyl (C=O) groups is 2. The Morgan fingerprint density at radius 2 is 1.44 bits per heavy atom. The van der Waals surface area contributed by atoms with Gasteiger partial charge in [-0.1, -0.05) is 58.9 Å². The summed E-state index contributed by atoms with van der Waals surface area (Å²) in [6.45, 7) is 11.1. The fraction of sp³-hybridized carbons (Fsp3) is 0.440. The molecule has 186 valence electrons. The van der Waals surface area contributed by atoms with Crippen LogP contribution in [0.25, 0.3) is 0 Å². The lowest BCUT2D eigenvalue weighted by molar-refractivity contribution is 0.0905. The molecule has 0 bridgehead atoms. The molecule has 0 radical (unpaired) electrons. The van der Waals surface area contributed by atoms with Crippen molar-refractivity contribution in [2.75, 3.05) is 13.1 Å². The van der Waals surface area contributed by atoms with Gasteiger partial charge in [-0.25, -0.2) is 18.6 Å². The molecule has 0 saturated carbocycles. The normalized spacial score (nSPS) is 11.8. The van der Waals surface area contributed by atoms with Gasteiger partial charge in [0.05, 0.1) is 4.90 Å². The molecule has 0 aromatic heterocycles. The molecule has 0 heterocycles. The van der Waals surface area contributed by atoms with Crippen LogP contribution >= 0.6 is 0 Å². The summed E-state index contributed by atoms with van der Waals surface area (Å²) in [4.78, 5) is 24.4. The largest absolute Gasteiger partial charge is 0.443 e. The summed E-state index contributed by atoms with van der Waals surface area (Å²) in [7, 11) is -3.63. The van der Waals surface area contributed by atoms with Crippen molar-refractivity contribution in [3.63, 3.8) is 0 Å². The first-order chi connectivity index (χ1) is 16.0. The highest BCUT2D eigenvalue weighted by Crippen LogP contribution is 2.22. The molecule has 0 fully saturated rings. The predicted molar refractivity (Wildman–Crippen MR) is 132 cm³/mol. The lowest BCUT2D eigenvalue weighted by Crippen LogP contribution is -2.41. The van der Waals surface area contributed by atoms with E-state index in [0.29, 0.717) is 25.9 Å². The van der Waals surface area contributed by atoms with Crippen molar-refractivity contribution >= 4 is 22.0 Å². The first-order valence-electron chi connectivity index (χ1n) is 11.4. The minimum Gasteiger partial charge on any atom is -0.443 e. The minimum absolute atomic E-state index is 0.0355. The van der Waals surface area contributed by atoms with Crippen molar-refractivity contribution in [1.29, 1.82) is 0 Å². The summed E-state index contributed by atoms with van der Waals surface area (Å²) < 4.78 is 32.2. The Kier molecular flexibility index (Phi) is 9.64. The molecule has 2 rings (SSSR count). The maximum Gasteiger partial charge on any atom is 0.426 e. The monoisotopic (exact) mass is 489 g/mol. The summed E-state index contributed by atoms with van der Waals surface area (Å²) in [5.74, 6) is -0.589. The van der Waals surface area contributed by atoms with Gasteiger partial charge in [-0.15, -0.1) is 0 Å². The molecule has 2 aromatic carbocycles. The number of amides is 2. The number of nitrogens with one attached hydrogen (secondary N) is 2. The Morgan fingerprint density at radius 1 is 0.882 bits per heavy atom. The van der Waals surface area contributed by atoms with Gasteiger partial charge in [0.25, 0.3) is 5.91 Å². The molecule has 2 N–H and O–H groups in total. The van der Waals surface area contributed by atoms with Gasteiger partial charge in [0.15, 0.2) is 0 Å². The van der Waals surface area contributed by atoms with E-state index in [9.17, 15) is 18.0 Å². The first-order valence-corrected chi connectivity index (χ1v) is 12.9. The number of sulfonamides is 1. The molecule has 8 nitrogen and oxygen atoms in total. The lowest BCUT2D eigenvalue weighted by atomic mass is 9.87. The second-order valence-electron chi connectivity index (χ2n) is 9.03. The Hall–Kier alpha value is -2.91. The van der Waals surface area contributed by atoms with Gasteiger partial charge in [0, 0.05) is 18.7 Å². The number of carbonyl (C=O) groups excluding carboxylic acids is 2. The first kappa shape index (κ1) is 27.3. The molecule has 0 aliphatic rings. The fourth-order valence-corrected chi connectivity index (χ4v) is 4.87. The van der Waals surface area contributed by atoms with Crippen molar-refractivity contribution < 1.29 is 22.7 Å². The standard InChI is InChI=1S/C25H35N3O5S/c1-6-16-28(17-7-2)34(31,32)22-14-10-20(11-15-22)23(29)26-27-24(30)33-18-19-8-12-21(13-9-19)25(3,4)5/h8-15H,6-7,16-18H2,1-5H3,(H,26,29)(H,27,30). The van der Waals surface area contributed by atoms with Crippen molar-refractivity contribution in [3.8, 4) is 0 Å². The molecule has 0 aliphatic carbocycles. The molecule has 2 aromatic rings. The van der Waals surface area contributed by atoms with Crippen LogP contribution in [0.4, 0.5) is 4.79 Å². The molecule has 0 saturated heterocycles. The number of benzene rings is 2. The molecule has 2 amide bonds. The smallest absolute Gasteiger partial charge is 0.426 e. The van der Waals surface area contributed by atoms with Crippen LogP contribution in [0.3, 0.4) is 0 Å². The van der Waals surface area contributed by atoms with Crippen LogP contribution in [-0.4, -0.2) is 37.8 Å². The zero-order chi connectivity index (χ0) is 25.4. The van der Waals surface area contributed by atoms with E-state index in [0.717, 1.165) is 5.56 Å². The molecule has 0 spiro atoms. The van der Waals surface area contributed by atoms with Crippen molar-refractivity contribution in [1.82, 2.24) is 15.2 Å². The summed E-state index contributed by atoms with van der Waals surface area (Å²) in [5, 5.41) is 0. The average Bonchev–Trinajstić information content (AvgIpc) is 2.80. The van der Waals surface area contributed by atoms with Crippen LogP contribution in [0.1, 0.15) is 68.9 Å². The zero-order valence-electron chi connectivity index (χ0n) is 20.6. The number of ether oxygens (including phenoxy) is 1. The van der Waals surface area contributed by atoms with E-state index in [1.54, 1.807) is 0 Å². The SMILES string of the molecule is CCCN(CCC)S(=O)(=O)c1ccc(C(=O)NNC(=O)OCc2ccc(C(C)(C)C)cc2)cc1. The highest BCUT2D eigenvalue weighted by Gasteiger charge is 2.23. The summed E-state index contributed by atoms with van der Waals surface area (Å²) >= 11 is 0. The Balaban J connectivity index is 1.89. The maximum absolute atomic E-state index is 12.8. The minimum atomic E-state index is -3.63. The maximum atomic E-state index is 12.8. The number of hydrogen-bond donors (Lipinski definition) is 2. The van der Waals surface area contributed by atoms with E-state index >= 15 is 0 Å². The van der Waals surface area contributed by atoms with Gasteiger partial charge in [0.2, 0.25) is 10.0 Å². The summed E-state index contributed by atoms with van der Waals surface area (Å²) in [6.07, 6.45) is 0.621. The number of hydrazine groups is 1. The van der Waals surface area contributed by atoms with Crippen molar-refractivity contribution in [2.45, 2.75) is 64.4 Å². The predicted octanol–water partition coefficient (Wildman–Crippen LogP) is 4.37. The van der Waals surface area contributed by atoms with Gasteiger partial charge < -0.3 is 4.74 Å². The van der Waals surface area contributed by atoms with Crippen LogP contribution < -0.4 is 10.9 Å². The highest BCUT2D eigenvalue weighted by molar-refractivity contribution is 7.89. The molecule has 34 heavy (non-hydrogen) atoms. The summed E-state index contributed by atoms with van der Waals surface area (Å²) in [6, 6.07) is 13.4. The molecule has 0 atom stereocenters. The molecule has 0 unspecified atom stereocenters. The van der Waals surface area contributed by atoms with E-state index in [-0.39, 0.29) is 22.5 Å². The number of hydrogen-bond acceptors (Lipinski definition) is 5. The van der Waals surface area contributed by atoms with Crippen LogP contribution in [0.15, 0.2) is 53.4 Å². The Morgan fingerprint density at radius 3 is 1.94 bits per heavy atom. The third kappa shape index (κ3) is 7.56. The average molecular weight is 490 g/mol. The van der Waals surface area contributed by atoms with Crippen molar-refractivity contribution in [3.05, 3.63) is 65.2 Å². The topological polar surface area (TPSA) is 105 Å². The van der Waals surface area contributed by atoms with E-state index in [1.807, 2.05) is 38.1 Å². The van der Waals surface area contributed by atoms with Crippen LogP contribution in [0.2, 0.25) is 0 Å². The zero-order valence-corrected chi connectivity index (χ0v) is 21.4. The molecular formula is C25H35N3O5S. The fourth-order valence-electron chi connectivity index (χ4n) is 3.24. The highest BCUT2D eigenvalue weighted by atomic mass is 32.2. The second kappa shape index (κ2) is 12.0. The van der Waals surface area contributed by atoms with Gasteiger partial charge in [-0.2, -0.15) is 4.31 Å². The summed E-state index contributed by atoms with van der Waals surface area (Å²) in [5.41, 5.74) is 6.70. The van der Waals surface area contributed by atoms with Gasteiger partial charge >= 0.3 is 6.09 Å². The third-order valence-corrected chi connectivity index (χ3v) is 7.08. The van der Waals surface area contributed by atoms with Gasteiger partial charge in [-0.05, 0) is 53.6 Å². The van der Waals surface area contributed by atoms with Crippen LogP contribution in [-0.2, 0) is 26.8 Å². The quantitative estimate of drug-likeness (QED) is 0.509. The second-order valence-corrected chi connectivity index (χ2v) is 11.0. The third-order valence-electron chi connectivity index (χ3n) is 5.17. The van der Waals surface area contributed by atoms with E-state index < -0.39 is 22.0 Å². The molecular weight excluding hydrogens is 454 g/mol. The van der Waals surface area contributed by atoms with Gasteiger partial charge in [0.1, 0.15) is 6.61 Å². The van der Waals surface area contributed by atoms with E-state index in [1.165, 1.54) is 34.1 Å². The van der Waals surface area contributed by atoms with E-state index in [2.05, 4.69) is 31.6 Å². The number of nitrogens with zero attached hydrogens (tertiary/aromatic N) is 1. The lowest BCUT2D eigenvalue weighted by Gasteiger charge is -2.21. The Labute approximate surface area is 202 Å². The van der Waals surface area contributed by atoms with Crippen LogP contribution in [0, 0.1) is 0 Å². The molecule has 0 aliphatic heterocycles. The number of rotatable bonds is 9. The van der Waals surface area contributed by atoms with Gasteiger partial charge in [-0.3, -0.25) is 10.2 Å². The van der Waals surface area contributed by atoms with E-state index in [4.69, 9.17) is 4.74 Å². The van der Waals surface area contributed by atoms with Crippen molar-refractivity contribution in [2.24, 2.45) is 0 Å². The molecule has 9 heteroatoms. The van der Waals surface area contributed by atoms with Crippen LogP contribution in [0.5, 0.6) is 0 Å². The Bertz CT molecular complexity index is 1050.